The molecular weight excluding hydrogens is 374 g/mol. The summed E-state index contributed by atoms with van der Waals surface area (Å²) < 4.78 is 10.1. The fourth-order valence-corrected chi connectivity index (χ4v) is 3.17. The van der Waals surface area contributed by atoms with Gasteiger partial charge in [-0.15, -0.1) is 0 Å². The molecule has 0 atom stereocenters. The molecule has 0 bridgehead atoms. The van der Waals surface area contributed by atoms with Crippen LogP contribution in [0.2, 0.25) is 0 Å². The second-order valence-electron chi connectivity index (χ2n) is 5.43. The summed E-state index contributed by atoms with van der Waals surface area (Å²) in [7, 11) is 1.17. The molecule has 0 radical (unpaired) electrons. The molecule has 1 aliphatic heterocycles. The Balaban J connectivity index is 1.82. The SMILES string of the molecule is COC(=O)CN1C(=O)SC(=Cc2ccc(-c3cccc(C(=O)O)c3)o2)C1=O. The van der Waals surface area contributed by atoms with Crippen molar-refractivity contribution in [3.8, 4) is 11.3 Å². The monoisotopic (exact) mass is 387 g/mol. The fraction of sp³-hybridized carbons (Fsp3) is 0.111. The van der Waals surface area contributed by atoms with Crippen LogP contribution >= 0.6 is 11.8 Å². The fourth-order valence-electron chi connectivity index (χ4n) is 2.35. The van der Waals surface area contributed by atoms with E-state index in [1.807, 2.05) is 0 Å². The predicted molar refractivity (Wildman–Crippen MR) is 95.8 cm³/mol. The van der Waals surface area contributed by atoms with Gasteiger partial charge in [0, 0.05) is 11.6 Å². The third-order valence-electron chi connectivity index (χ3n) is 3.68. The average Bonchev–Trinajstić information content (AvgIpc) is 3.22. The summed E-state index contributed by atoms with van der Waals surface area (Å²) in [5.74, 6) is -1.63. The third-order valence-corrected chi connectivity index (χ3v) is 4.59. The van der Waals surface area contributed by atoms with Crippen LogP contribution in [0, 0.1) is 0 Å². The smallest absolute Gasteiger partial charge is 0.335 e. The Morgan fingerprint density at radius 1 is 1.26 bits per heavy atom. The molecule has 1 N–H and O–H groups in total. The van der Waals surface area contributed by atoms with Crippen LogP contribution in [-0.4, -0.2) is 46.7 Å². The first-order chi connectivity index (χ1) is 12.9. The van der Waals surface area contributed by atoms with Crippen LogP contribution in [0.15, 0.2) is 45.7 Å². The number of furan rings is 1. The van der Waals surface area contributed by atoms with Gasteiger partial charge in [-0.2, -0.15) is 0 Å². The van der Waals surface area contributed by atoms with Gasteiger partial charge < -0.3 is 14.3 Å². The Kier molecular flexibility index (Phi) is 5.13. The first kappa shape index (κ1) is 18.5. The summed E-state index contributed by atoms with van der Waals surface area (Å²) in [6, 6.07) is 9.45. The Morgan fingerprint density at radius 2 is 2.04 bits per heavy atom. The average molecular weight is 387 g/mol. The highest BCUT2D eigenvalue weighted by molar-refractivity contribution is 8.18. The molecule has 2 aromatic rings. The highest BCUT2D eigenvalue weighted by Gasteiger charge is 2.36. The van der Waals surface area contributed by atoms with Crippen LogP contribution in [0.3, 0.4) is 0 Å². The molecule has 9 heteroatoms. The summed E-state index contributed by atoms with van der Waals surface area (Å²) in [6.07, 6.45) is 1.40. The number of hydrogen-bond donors (Lipinski definition) is 1. The van der Waals surface area contributed by atoms with Crippen molar-refractivity contribution in [2.45, 2.75) is 0 Å². The standard InChI is InChI=1S/C18H13NO7S/c1-25-15(20)9-19-16(21)14(27-18(19)24)8-12-5-6-13(26-12)10-3-2-4-11(7-10)17(22)23/h2-8H,9H2,1H3,(H,22,23). The number of carboxylic acids is 1. The summed E-state index contributed by atoms with van der Waals surface area (Å²) in [6.45, 7) is -0.454. The zero-order valence-electron chi connectivity index (χ0n) is 14.0. The largest absolute Gasteiger partial charge is 0.478 e. The van der Waals surface area contributed by atoms with Gasteiger partial charge >= 0.3 is 11.9 Å². The number of imide groups is 1. The number of hydrogen-bond acceptors (Lipinski definition) is 7. The van der Waals surface area contributed by atoms with E-state index in [-0.39, 0.29) is 10.5 Å². The number of carboxylic acid groups (broad SMARTS) is 1. The maximum atomic E-state index is 12.3. The number of rotatable bonds is 5. The molecular formula is C18H13NO7S. The molecule has 2 amide bonds. The zero-order valence-corrected chi connectivity index (χ0v) is 14.8. The number of carbonyl (C=O) groups is 4. The minimum absolute atomic E-state index is 0.115. The van der Waals surface area contributed by atoms with Crippen LogP contribution < -0.4 is 0 Å². The van der Waals surface area contributed by atoms with Gasteiger partial charge in [-0.1, -0.05) is 12.1 Å². The topological polar surface area (TPSA) is 114 Å². The number of amides is 2. The Hall–Kier alpha value is -3.33. The third kappa shape index (κ3) is 3.93. The lowest BCUT2D eigenvalue weighted by Crippen LogP contribution is -2.34. The van der Waals surface area contributed by atoms with Crippen molar-refractivity contribution in [2.24, 2.45) is 0 Å². The lowest BCUT2D eigenvalue weighted by atomic mass is 10.1. The van der Waals surface area contributed by atoms with E-state index < -0.39 is 29.6 Å². The minimum atomic E-state index is -1.05. The maximum Gasteiger partial charge on any atom is 0.335 e. The van der Waals surface area contributed by atoms with E-state index >= 15 is 0 Å². The van der Waals surface area contributed by atoms with E-state index in [4.69, 9.17) is 9.52 Å². The van der Waals surface area contributed by atoms with E-state index in [0.717, 1.165) is 4.90 Å². The number of esters is 1. The van der Waals surface area contributed by atoms with Crippen molar-refractivity contribution in [1.29, 1.82) is 0 Å². The van der Waals surface area contributed by atoms with Crippen molar-refractivity contribution >= 4 is 40.9 Å². The molecule has 2 heterocycles. The number of carbonyl (C=O) groups excluding carboxylic acids is 3. The molecule has 0 aliphatic carbocycles. The molecule has 138 valence electrons. The van der Waals surface area contributed by atoms with E-state index in [1.165, 1.54) is 25.3 Å². The molecule has 1 aromatic carbocycles. The summed E-state index contributed by atoms with van der Waals surface area (Å²) in [5, 5.41) is 8.49. The van der Waals surface area contributed by atoms with Gasteiger partial charge in [0.05, 0.1) is 17.6 Å². The van der Waals surface area contributed by atoms with Crippen molar-refractivity contribution in [3.63, 3.8) is 0 Å². The van der Waals surface area contributed by atoms with Gasteiger partial charge in [-0.05, 0) is 36.0 Å². The first-order valence-corrected chi connectivity index (χ1v) is 8.46. The number of aromatic carboxylic acids is 1. The number of methoxy groups -OCH3 is 1. The maximum absolute atomic E-state index is 12.3. The molecule has 0 saturated carbocycles. The highest BCUT2D eigenvalue weighted by atomic mass is 32.2. The predicted octanol–water partition coefficient (Wildman–Crippen LogP) is 2.85. The van der Waals surface area contributed by atoms with Crippen LogP contribution in [-0.2, 0) is 14.3 Å². The van der Waals surface area contributed by atoms with Crippen molar-refractivity contribution < 1.29 is 33.4 Å². The van der Waals surface area contributed by atoms with E-state index in [0.29, 0.717) is 28.8 Å². The minimum Gasteiger partial charge on any atom is -0.478 e. The van der Waals surface area contributed by atoms with Gasteiger partial charge in [0.15, 0.2) is 0 Å². The molecule has 1 aromatic heterocycles. The Bertz CT molecular complexity index is 976. The molecule has 8 nitrogen and oxygen atoms in total. The molecule has 3 rings (SSSR count). The molecule has 0 unspecified atom stereocenters. The van der Waals surface area contributed by atoms with Crippen LogP contribution in [0.1, 0.15) is 16.1 Å². The lowest BCUT2D eigenvalue weighted by molar-refractivity contribution is -0.143. The molecule has 27 heavy (non-hydrogen) atoms. The van der Waals surface area contributed by atoms with Crippen LogP contribution in [0.5, 0.6) is 0 Å². The second kappa shape index (κ2) is 7.50. The normalized spacial score (nSPS) is 15.4. The first-order valence-electron chi connectivity index (χ1n) is 7.65. The molecule has 1 saturated heterocycles. The summed E-state index contributed by atoms with van der Waals surface area (Å²) in [4.78, 5) is 47.4. The van der Waals surface area contributed by atoms with Crippen molar-refractivity contribution in [3.05, 3.63) is 52.6 Å². The molecule has 1 aliphatic rings. The molecule has 0 spiro atoms. The number of nitrogens with zero attached hydrogens (tertiary/aromatic N) is 1. The van der Waals surface area contributed by atoms with Crippen LogP contribution in [0.4, 0.5) is 4.79 Å². The van der Waals surface area contributed by atoms with Crippen molar-refractivity contribution in [1.82, 2.24) is 4.90 Å². The summed E-state index contributed by atoms with van der Waals surface area (Å²) in [5.41, 5.74) is 0.683. The quantitative estimate of drug-likeness (QED) is 0.615. The van der Waals surface area contributed by atoms with Crippen molar-refractivity contribution in [2.75, 3.05) is 13.7 Å². The summed E-state index contributed by atoms with van der Waals surface area (Å²) >= 11 is 0.694. The van der Waals surface area contributed by atoms with E-state index in [9.17, 15) is 19.2 Å². The Labute approximate surface area is 157 Å². The van der Waals surface area contributed by atoms with Gasteiger partial charge in [0.1, 0.15) is 18.1 Å². The van der Waals surface area contributed by atoms with E-state index in [1.54, 1.807) is 24.3 Å². The number of benzene rings is 1. The highest BCUT2D eigenvalue weighted by Crippen LogP contribution is 2.33. The van der Waals surface area contributed by atoms with Gasteiger partial charge in [0.25, 0.3) is 11.1 Å². The molecule has 1 fully saturated rings. The Morgan fingerprint density at radius 3 is 2.74 bits per heavy atom. The van der Waals surface area contributed by atoms with E-state index in [2.05, 4.69) is 4.74 Å². The van der Waals surface area contributed by atoms with Gasteiger partial charge in [-0.3, -0.25) is 19.3 Å². The van der Waals surface area contributed by atoms with Crippen LogP contribution in [0.25, 0.3) is 17.4 Å². The number of thioether (sulfide) groups is 1. The van der Waals surface area contributed by atoms with Gasteiger partial charge in [0.2, 0.25) is 0 Å². The number of ether oxygens (including phenoxy) is 1. The second-order valence-corrected chi connectivity index (χ2v) is 6.43. The lowest BCUT2D eigenvalue weighted by Gasteiger charge is -2.09. The van der Waals surface area contributed by atoms with Gasteiger partial charge in [-0.25, -0.2) is 4.79 Å². The zero-order chi connectivity index (χ0) is 19.6.